The minimum Gasteiger partial charge on any atom is -0.473 e. The highest BCUT2D eigenvalue weighted by Crippen LogP contribution is 2.35. The maximum absolute atomic E-state index is 9.10. The topological polar surface area (TPSA) is 104 Å². The first kappa shape index (κ1) is 17.1. The summed E-state index contributed by atoms with van der Waals surface area (Å²) in [7, 11) is 0. The van der Waals surface area contributed by atoms with Crippen molar-refractivity contribution in [1.82, 2.24) is 10.1 Å². The van der Waals surface area contributed by atoms with Gasteiger partial charge < -0.3 is 19.6 Å². The standard InChI is InChI=1S/C14H20N2O.C2H2O4/c1-10(2)14-9-13(17-15-14)8-12-7-11-3-5-16(12)6-4-11;3-1(4)2(5)6/h8-11H,3-7H2,1-2H3;(H,3,4)(H,5,6). The molecule has 0 aliphatic carbocycles. The summed E-state index contributed by atoms with van der Waals surface area (Å²) in [5.41, 5.74) is 2.49. The Morgan fingerprint density at radius 2 is 1.91 bits per heavy atom. The minimum absolute atomic E-state index is 0.439. The van der Waals surface area contributed by atoms with Gasteiger partial charge in [0.1, 0.15) is 0 Å². The molecule has 4 rings (SSSR count). The lowest BCUT2D eigenvalue weighted by Gasteiger charge is -2.42. The van der Waals surface area contributed by atoms with Crippen LogP contribution in [0.5, 0.6) is 0 Å². The third-order valence-corrected chi connectivity index (χ3v) is 4.15. The van der Waals surface area contributed by atoms with Crippen LogP contribution in [0.2, 0.25) is 0 Å². The molecule has 7 heteroatoms. The van der Waals surface area contributed by atoms with Crippen LogP contribution in [0.25, 0.3) is 6.08 Å². The van der Waals surface area contributed by atoms with Gasteiger partial charge >= 0.3 is 11.9 Å². The number of nitrogens with zero attached hydrogens (tertiary/aromatic N) is 2. The molecule has 1 aromatic heterocycles. The molecular formula is C16H22N2O5. The van der Waals surface area contributed by atoms with Crippen LogP contribution in [0.4, 0.5) is 0 Å². The first-order valence-electron chi connectivity index (χ1n) is 7.75. The zero-order valence-electron chi connectivity index (χ0n) is 13.4. The number of carboxylic acid groups (broad SMARTS) is 2. The van der Waals surface area contributed by atoms with Gasteiger partial charge in [0.15, 0.2) is 5.76 Å². The van der Waals surface area contributed by atoms with E-state index >= 15 is 0 Å². The van der Waals surface area contributed by atoms with E-state index in [1.165, 1.54) is 38.0 Å². The monoisotopic (exact) mass is 322 g/mol. The van der Waals surface area contributed by atoms with E-state index in [0.29, 0.717) is 5.92 Å². The lowest BCUT2D eigenvalue weighted by molar-refractivity contribution is -0.159. The number of carbonyl (C=O) groups is 2. The molecule has 2 N–H and O–H groups in total. The summed E-state index contributed by atoms with van der Waals surface area (Å²) in [6.45, 7) is 6.73. The molecule has 0 aromatic carbocycles. The SMILES string of the molecule is CC(C)c1cc(C=C2CC3CCN2CC3)on1.O=C(O)C(=O)O. The van der Waals surface area contributed by atoms with Crippen molar-refractivity contribution in [2.45, 2.75) is 39.0 Å². The second kappa shape index (κ2) is 7.30. The van der Waals surface area contributed by atoms with Gasteiger partial charge in [-0.15, -0.1) is 0 Å². The molecule has 0 unspecified atom stereocenters. The van der Waals surface area contributed by atoms with Crippen molar-refractivity contribution in [1.29, 1.82) is 0 Å². The Hall–Kier alpha value is -2.31. The van der Waals surface area contributed by atoms with Crippen molar-refractivity contribution >= 4 is 18.0 Å². The Kier molecular flexibility index (Phi) is 5.41. The summed E-state index contributed by atoms with van der Waals surface area (Å²) in [5.74, 6) is -1.39. The molecule has 0 atom stereocenters. The quantitative estimate of drug-likeness (QED) is 0.806. The molecule has 126 valence electrons. The Balaban J connectivity index is 0.000000277. The molecule has 3 aliphatic rings. The van der Waals surface area contributed by atoms with Crippen LogP contribution >= 0.6 is 0 Å². The highest BCUT2D eigenvalue weighted by atomic mass is 16.5. The summed E-state index contributed by atoms with van der Waals surface area (Å²) in [6.07, 6.45) is 6.14. The third-order valence-electron chi connectivity index (χ3n) is 4.15. The fourth-order valence-corrected chi connectivity index (χ4v) is 2.81. The average Bonchev–Trinajstić information content (AvgIpc) is 2.98. The summed E-state index contributed by atoms with van der Waals surface area (Å²) in [5, 5.41) is 18.9. The summed E-state index contributed by atoms with van der Waals surface area (Å²) < 4.78 is 5.38. The van der Waals surface area contributed by atoms with Crippen LogP contribution in [0.1, 0.15) is 50.5 Å². The fraction of sp³-hybridized carbons (Fsp3) is 0.562. The van der Waals surface area contributed by atoms with Crippen LogP contribution in [-0.2, 0) is 9.59 Å². The largest absolute Gasteiger partial charge is 0.473 e. The second-order valence-corrected chi connectivity index (χ2v) is 6.19. The molecular weight excluding hydrogens is 300 g/mol. The second-order valence-electron chi connectivity index (χ2n) is 6.19. The van der Waals surface area contributed by atoms with Crippen molar-refractivity contribution in [2.75, 3.05) is 13.1 Å². The number of carboxylic acids is 2. The molecule has 23 heavy (non-hydrogen) atoms. The van der Waals surface area contributed by atoms with Gasteiger partial charge in [0.25, 0.3) is 0 Å². The molecule has 7 nitrogen and oxygen atoms in total. The van der Waals surface area contributed by atoms with Crippen molar-refractivity contribution in [3.8, 4) is 0 Å². The highest BCUT2D eigenvalue weighted by molar-refractivity contribution is 6.27. The Bertz CT molecular complexity index is 585. The van der Waals surface area contributed by atoms with E-state index in [1.54, 1.807) is 0 Å². The zero-order valence-corrected chi connectivity index (χ0v) is 13.4. The van der Waals surface area contributed by atoms with E-state index in [4.69, 9.17) is 24.3 Å². The van der Waals surface area contributed by atoms with Gasteiger partial charge in [0, 0.05) is 30.9 Å². The van der Waals surface area contributed by atoms with Crippen molar-refractivity contribution in [2.24, 2.45) is 5.92 Å². The van der Waals surface area contributed by atoms with Gasteiger partial charge in [-0.05, 0) is 31.1 Å². The number of rotatable bonds is 2. The number of aliphatic carboxylic acids is 2. The first-order valence-corrected chi connectivity index (χ1v) is 7.75. The van der Waals surface area contributed by atoms with E-state index in [0.717, 1.165) is 17.4 Å². The van der Waals surface area contributed by atoms with Gasteiger partial charge in [-0.3, -0.25) is 0 Å². The normalized spacial score (nSPS) is 18.9. The molecule has 0 saturated carbocycles. The predicted molar refractivity (Wildman–Crippen MR) is 82.8 cm³/mol. The van der Waals surface area contributed by atoms with Crippen LogP contribution in [-0.4, -0.2) is 45.3 Å². The maximum atomic E-state index is 9.10. The van der Waals surface area contributed by atoms with Crippen molar-refractivity contribution < 1.29 is 24.3 Å². The lowest BCUT2D eigenvalue weighted by Crippen LogP contribution is -2.39. The van der Waals surface area contributed by atoms with Crippen LogP contribution in [0.15, 0.2) is 16.3 Å². The van der Waals surface area contributed by atoms with Crippen molar-refractivity contribution in [3.63, 3.8) is 0 Å². The van der Waals surface area contributed by atoms with Crippen molar-refractivity contribution in [3.05, 3.63) is 23.2 Å². The first-order chi connectivity index (χ1) is 10.9. The van der Waals surface area contributed by atoms with Gasteiger partial charge in [0.05, 0.1) is 5.69 Å². The van der Waals surface area contributed by atoms with Gasteiger partial charge in [-0.25, -0.2) is 9.59 Å². The molecule has 0 amide bonds. The number of hydrogen-bond acceptors (Lipinski definition) is 5. The molecule has 0 spiro atoms. The summed E-state index contributed by atoms with van der Waals surface area (Å²) in [4.78, 5) is 20.7. The molecule has 1 aromatic rings. The van der Waals surface area contributed by atoms with Gasteiger partial charge in [-0.2, -0.15) is 0 Å². The molecule has 2 bridgehead atoms. The number of piperidine rings is 3. The van der Waals surface area contributed by atoms with E-state index < -0.39 is 11.9 Å². The third kappa shape index (κ3) is 4.58. The van der Waals surface area contributed by atoms with Crippen LogP contribution in [0.3, 0.4) is 0 Å². The minimum atomic E-state index is -1.82. The predicted octanol–water partition coefficient (Wildman–Crippen LogP) is 2.41. The smallest absolute Gasteiger partial charge is 0.414 e. The Morgan fingerprint density at radius 1 is 1.30 bits per heavy atom. The zero-order chi connectivity index (χ0) is 17.0. The van der Waals surface area contributed by atoms with E-state index in [9.17, 15) is 0 Å². The van der Waals surface area contributed by atoms with Gasteiger partial charge in [0.2, 0.25) is 0 Å². The van der Waals surface area contributed by atoms with E-state index in [1.807, 2.05) is 0 Å². The summed E-state index contributed by atoms with van der Waals surface area (Å²) in [6, 6.07) is 2.07. The Morgan fingerprint density at radius 3 is 2.30 bits per heavy atom. The molecule has 3 fully saturated rings. The average molecular weight is 322 g/mol. The van der Waals surface area contributed by atoms with Crippen LogP contribution < -0.4 is 0 Å². The molecule has 3 saturated heterocycles. The van der Waals surface area contributed by atoms with E-state index in [-0.39, 0.29) is 0 Å². The number of allylic oxidation sites excluding steroid dienone is 1. The van der Waals surface area contributed by atoms with Crippen LogP contribution in [0, 0.1) is 5.92 Å². The highest BCUT2D eigenvalue weighted by Gasteiger charge is 2.28. The molecule has 3 aliphatic heterocycles. The fourth-order valence-electron chi connectivity index (χ4n) is 2.81. The van der Waals surface area contributed by atoms with E-state index in [2.05, 4.69) is 36.0 Å². The Labute approximate surface area is 134 Å². The van der Waals surface area contributed by atoms with Gasteiger partial charge in [-0.1, -0.05) is 19.0 Å². The summed E-state index contributed by atoms with van der Waals surface area (Å²) >= 11 is 0. The maximum Gasteiger partial charge on any atom is 0.414 e. The lowest BCUT2D eigenvalue weighted by atomic mass is 9.86. The number of hydrogen-bond donors (Lipinski definition) is 2. The molecule has 4 heterocycles. The number of aromatic nitrogens is 1. The number of fused-ring (bicyclic) bond motifs is 3. The molecule has 0 radical (unpaired) electrons.